The minimum Gasteiger partial charge on any atom is -0.496 e. The molecule has 0 unspecified atom stereocenters. The molecule has 162 valence electrons. The fraction of sp³-hybridized carbons (Fsp3) is 0.600. The maximum Gasteiger partial charge on any atom is 0.419 e. The van der Waals surface area contributed by atoms with Gasteiger partial charge in [-0.05, 0) is 45.9 Å². The summed E-state index contributed by atoms with van der Waals surface area (Å²) in [5.41, 5.74) is -2.08. The third-order valence-electron chi connectivity index (χ3n) is 4.81. The van der Waals surface area contributed by atoms with E-state index in [0.717, 1.165) is 19.2 Å². The van der Waals surface area contributed by atoms with Crippen LogP contribution in [0.25, 0.3) is 0 Å². The standard InChI is InChI=1S/C20H27F3N2O4/c1-12(2)29-19(3,4)18(27)25-10-14(11-25)24(5)17(26)13-7-8-16(28-6)15(9-13)20(21,22)23/h7-9,12,14H,10-11H2,1-6H3. The smallest absolute Gasteiger partial charge is 0.419 e. The van der Waals surface area contributed by atoms with Gasteiger partial charge in [-0.15, -0.1) is 0 Å². The number of methoxy groups -OCH3 is 1. The molecule has 9 heteroatoms. The number of benzene rings is 1. The highest BCUT2D eigenvalue weighted by atomic mass is 19.4. The van der Waals surface area contributed by atoms with E-state index in [0.29, 0.717) is 13.1 Å². The van der Waals surface area contributed by atoms with Gasteiger partial charge in [0.05, 0.1) is 24.8 Å². The van der Waals surface area contributed by atoms with E-state index in [-0.39, 0.29) is 29.4 Å². The van der Waals surface area contributed by atoms with Crippen LogP contribution >= 0.6 is 0 Å². The summed E-state index contributed by atoms with van der Waals surface area (Å²) in [4.78, 5) is 28.2. The molecular formula is C20H27F3N2O4. The zero-order valence-corrected chi connectivity index (χ0v) is 17.5. The van der Waals surface area contributed by atoms with Gasteiger partial charge in [0.2, 0.25) is 0 Å². The molecule has 0 bridgehead atoms. The van der Waals surface area contributed by atoms with Crippen molar-refractivity contribution in [3.8, 4) is 5.75 Å². The van der Waals surface area contributed by atoms with E-state index < -0.39 is 23.2 Å². The van der Waals surface area contributed by atoms with Crippen molar-refractivity contribution in [2.75, 3.05) is 27.2 Å². The summed E-state index contributed by atoms with van der Waals surface area (Å²) in [5, 5.41) is 0. The lowest BCUT2D eigenvalue weighted by molar-refractivity contribution is -0.165. The second-order valence-corrected chi connectivity index (χ2v) is 7.87. The van der Waals surface area contributed by atoms with Crippen LogP contribution in [0, 0.1) is 0 Å². The fourth-order valence-electron chi connectivity index (χ4n) is 3.32. The first kappa shape index (κ1) is 23.0. The van der Waals surface area contributed by atoms with Crippen LogP contribution in [0.15, 0.2) is 18.2 Å². The Morgan fingerprint density at radius 1 is 1.21 bits per heavy atom. The van der Waals surface area contributed by atoms with Crippen molar-refractivity contribution >= 4 is 11.8 Å². The van der Waals surface area contributed by atoms with Gasteiger partial charge in [-0.1, -0.05) is 0 Å². The molecule has 0 spiro atoms. The Morgan fingerprint density at radius 3 is 2.28 bits per heavy atom. The Labute approximate surface area is 168 Å². The molecule has 1 aliphatic rings. The molecule has 2 amide bonds. The Hall–Kier alpha value is -2.29. The fourth-order valence-corrected chi connectivity index (χ4v) is 3.32. The minimum absolute atomic E-state index is 0.0890. The van der Waals surface area contributed by atoms with E-state index in [1.807, 2.05) is 13.8 Å². The third-order valence-corrected chi connectivity index (χ3v) is 4.81. The van der Waals surface area contributed by atoms with Gasteiger partial charge in [-0.3, -0.25) is 9.59 Å². The van der Waals surface area contributed by atoms with Gasteiger partial charge in [-0.2, -0.15) is 13.2 Å². The van der Waals surface area contributed by atoms with Gasteiger partial charge < -0.3 is 19.3 Å². The second-order valence-electron chi connectivity index (χ2n) is 7.87. The normalized spacial score (nSPS) is 15.3. The molecule has 0 saturated carbocycles. The van der Waals surface area contributed by atoms with E-state index in [9.17, 15) is 22.8 Å². The van der Waals surface area contributed by atoms with Crippen molar-refractivity contribution in [2.24, 2.45) is 0 Å². The number of hydrogen-bond donors (Lipinski definition) is 0. The number of carbonyl (C=O) groups is 2. The van der Waals surface area contributed by atoms with Crippen LogP contribution in [0.5, 0.6) is 5.75 Å². The zero-order valence-electron chi connectivity index (χ0n) is 17.5. The number of amides is 2. The lowest BCUT2D eigenvalue weighted by Gasteiger charge is -2.46. The number of likely N-dealkylation sites (tertiary alicyclic amines) is 1. The Morgan fingerprint density at radius 2 is 1.79 bits per heavy atom. The molecular weight excluding hydrogens is 389 g/mol. The van der Waals surface area contributed by atoms with Gasteiger partial charge >= 0.3 is 6.18 Å². The van der Waals surface area contributed by atoms with Gasteiger partial charge in [-0.25, -0.2) is 0 Å². The summed E-state index contributed by atoms with van der Waals surface area (Å²) in [5.74, 6) is -1.08. The van der Waals surface area contributed by atoms with Crippen LogP contribution in [0.1, 0.15) is 43.6 Å². The average Bonchev–Trinajstić information content (AvgIpc) is 2.57. The first-order valence-corrected chi connectivity index (χ1v) is 9.27. The van der Waals surface area contributed by atoms with E-state index in [1.165, 1.54) is 18.0 Å². The number of alkyl halides is 3. The van der Waals surface area contributed by atoms with E-state index in [1.54, 1.807) is 18.7 Å². The molecule has 1 saturated heterocycles. The summed E-state index contributed by atoms with van der Waals surface area (Å²) in [6.45, 7) is 7.65. The average molecular weight is 416 g/mol. The monoisotopic (exact) mass is 416 g/mol. The summed E-state index contributed by atoms with van der Waals surface area (Å²) in [7, 11) is 2.66. The number of halogens is 3. The largest absolute Gasteiger partial charge is 0.496 e. The summed E-state index contributed by atoms with van der Waals surface area (Å²) in [6, 6.07) is 2.94. The highest BCUT2D eigenvalue weighted by molar-refractivity contribution is 5.95. The number of likely N-dealkylation sites (N-methyl/N-ethyl adjacent to an activating group) is 1. The molecule has 29 heavy (non-hydrogen) atoms. The van der Waals surface area contributed by atoms with Gasteiger partial charge in [0.1, 0.15) is 11.4 Å². The maximum atomic E-state index is 13.2. The zero-order chi connectivity index (χ0) is 22.1. The molecule has 1 aliphatic heterocycles. The van der Waals surface area contributed by atoms with Crippen molar-refractivity contribution in [1.82, 2.24) is 9.80 Å². The van der Waals surface area contributed by atoms with Crippen LogP contribution < -0.4 is 4.74 Å². The molecule has 0 N–H and O–H groups in total. The first-order chi connectivity index (χ1) is 13.3. The van der Waals surface area contributed by atoms with Crippen molar-refractivity contribution in [1.29, 1.82) is 0 Å². The van der Waals surface area contributed by atoms with E-state index >= 15 is 0 Å². The molecule has 2 rings (SSSR count). The maximum absolute atomic E-state index is 13.2. The van der Waals surface area contributed by atoms with Crippen molar-refractivity contribution in [2.45, 2.75) is 51.6 Å². The quantitative estimate of drug-likeness (QED) is 0.715. The molecule has 1 aromatic rings. The predicted molar refractivity (Wildman–Crippen MR) is 101 cm³/mol. The molecule has 6 nitrogen and oxygen atoms in total. The van der Waals surface area contributed by atoms with Crippen LogP contribution in [0.4, 0.5) is 13.2 Å². The highest BCUT2D eigenvalue weighted by Gasteiger charge is 2.42. The van der Waals surface area contributed by atoms with Gasteiger partial charge in [0, 0.05) is 25.7 Å². The molecule has 1 aromatic carbocycles. The summed E-state index contributed by atoms with van der Waals surface area (Å²) in [6.07, 6.45) is -4.75. The van der Waals surface area contributed by atoms with Gasteiger partial charge in [0.15, 0.2) is 0 Å². The van der Waals surface area contributed by atoms with Crippen molar-refractivity contribution in [3.63, 3.8) is 0 Å². The molecule has 0 radical (unpaired) electrons. The van der Waals surface area contributed by atoms with Crippen LogP contribution in [-0.4, -0.2) is 66.6 Å². The molecule has 1 heterocycles. The summed E-state index contributed by atoms with van der Waals surface area (Å²) < 4.78 is 50.0. The number of nitrogens with zero attached hydrogens (tertiary/aromatic N) is 2. The molecule has 1 fully saturated rings. The lowest BCUT2D eigenvalue weighted by atomic mass is 10.00. The first-order valence-electron chi connectivity index (χ1n) is 9.27. The van der Waals surface area contributed by atoms with Gasteiger partial charge in [0.25, 0.3) is 11.8 Å². The Balaban J connectivity index is 2.07. The van der Waals surface area contributed by atoms with E-state index in [4.69, 9.17) is 9.47 Å². The van der Waals surface area contributed by atoms with Crippen LogP contribution in [-0.2, 0) is 15.7 Å². The van der Waals surface area contributed by atoms with Crippen molar-refractivity contribution < 1.29 is 32.2 Å². The molecule has 0 atom stereocenters. The predicted octanol–water partition coefficient (Wildman–Crippen LogP) is 3.20. The SMILES string of the molecule is COc1ccc(C(=O)N(C)C2CN(C(=O)C(C)(C)OC(C)C)C2)cc1C(F)(F)F. The summed E-state index contributed by atoms with van der Waals surface area (Å²) >= 11 is 0. The number of rotatable bonds is 6. The number of ether oxygens (including phenoxy) is 2. The second kappa shape index (κ2) is 8.22. The van der Waals surface area contributed by atoms with Crippen molar-refractivity contribution in [3.05, 3.63) is 29.3 Å². The molecule has 0 aromatic heterocycles. The Bertz CT molecular complexity index is 771. The lowest BCUT2D eigenvalue weighted by Crippen LogP contribution is -2.64. The van der Waals surface area contributed by atoms with E-state index in [2.05, 4.69) is 0 Å². The topological polar surface area (TPSA) is 59.1 Å². The van der Waals surface area contributed by atoms with Crippen LogP contribution in [0.2, 0.25) is 0 Å². The molecule has 0 aliphatic carbocycles. The minimum atomic E-state index is -4.64. The third kappa shape index (κ3) is 5.01. The number of carbonyl (C=O) groups excluding carboxylic acids is 2. The highest BCUT2D eigenvalue weighted by Crippen LogP contribution is 2.37. The Kier molecular flexibility index (Phi) is 6.51. The number of hydrogen-bond acceptors (Lipinski definition) is 4. The van der Waals surface area contributed by atoms with Crippen LogP contribution in [0.3, 0.4) is 0 Å².